The van der Waals surface area contributed by atoms with Gasteiger partial charge in [0.1, 0.15) is 5.97 Å². The third-order valence-corrected chi connectivity index (χ3v) is 5.15. The molecule has 0 saturated heterocycles. The van der Waals surface area contributed by atoms with E-state index in [9.17, 15) is 23.5 Å². The minimum absolute atomic E-state index is 0.496. The Balaban J connectivity index is 1.67. The summed E-state index contributed by atoms with van der Waals surface area (Å²) in [6.45, 7) is -1.42. The highest BCUT2D eigenvalue weighted by Crippen LogP contribution is 2.60. The van der Waals surface area contributed by atoms with Crippen molar-refractivity contribution in [1.29, 1.82) is 0 Å². The zero-order valence-corrected chi connectivity index (χ0v) is 11.1. The Morgan fingerprint density at radius 2 is 1.55 bits per heavy atom. The molecule has 0 aliphatic heterocycles. The Bertz CT molecular complexity index is 411. The number of carboxylic acid groups (broad SMARTS) is 1. The highest BCUT2D eigenvalue weighted by Gasteiger charge is 2.55. The van der Waals surface area contributed by atoms with E-state index in [4.69, 9.17) is 0 Å². The van der Waals surface area contributed by atoms with Crippen molar-refractivity contribution in [3.63, 3.8) is 0 Å². The van der Waals surface area contributed by atoms with E-state index in [1.54, 1.807) is 0 Å². The molecule has 4 nitrogen and oxygen atoms in total. The van der Waals surface area contributed by atoms with E-state index in [2.05, 4.69) is 4.74 Å². The maximum atomic E-state index is 12.9. The molecule has 20 heavy (non-hydrogen) atoms. The number of hydrogen-bond donors (Lipinski definition) is 0. The molecule has 0 aromatic heterocycles. The topological polar surface area (TPSA) is 66.4 Å². The van der Waals surface area contributed by atoms with Gasteiger partial charge in [0, 0.05) is 0 Å². The molecule has 4 aliphatic carbocycles. The summed E-state index contributed by atoms with van der Waals surface area (Å²) in [5.74, 6) is -5.77. The van der Waals surface area contributed by atoms with Crippen molar-refractivity contribution >= 4 is 11.9 Å². The molecule has 0 radical (unpaired) electrons. The van der Waals surface area contributed by atoms with Crippen LogP contribution in [0.3, 0.4) is 0 Å². The molecule has 112 valence electrons. The van der Waals surface area contributed by atoms with Crippen molar-refractivity contribution < 1.29 is 28.2 Å². The molecule has 0 spiro atoms. The molecule has 4 aliphatic rings. The van der Waals surface area contributed by atoms with Gasteiger partial charge in [0.2, 0.25) is 0 Å². The van der Waals surface area contributed by atoms with Crippen LogP contribution in [0.1, 0.15) is 38.5 Å². The summed E-state index contributed by atoms with van der Waals surface area (Å²) in [6, 6.07) is 0. The largest absolute Gasteiger partial charge is 0.544 e. The molecule has 4 fully saturated rings. The van der Waals surface area contributed by atoms with Crippen molar-refractivity contribution in [2.75, 3.05) is 6.61 Å². The molecule has 0 unspecified atom stereocenters. The van der Waals surface area contributed by atoms with Crippen LogP contribution in [0, 0.1) is 23.2 Å². The first-order valence-electron chi connectivity index (χ1n) is 7.07. The fourth-order valence-corrected chi connectivity index (χ4v) is 4.73. The summed E-state index contributed by atoms with van der Waals surface area (Å²) in [5, 5.41) is 10.2. The average Bonchev–Trinajstić information content (AvgIpc) is 2.34. The first kappa shape index (κ1) is 13.8. The molecule has 0 N–H and O–H groups in total. The normalized spacial score (nSPS) is 38.8. The number of carbonyl (C=O) groups is 2. The number of aliphatic carboxylic acids is 1. The SMILES string of the molecule is O=C([O-])C(F)(F)COC(=O)C12CC3CC(CC(C3)C1)C2. The van der Waals surface area contributed by atoms with Gasteiger partial charge in [-0.25, -0.2) is 0 Å². The fourth-order valence-electron chi connectivity index (χ4n) is 4.73. The van der Waals surface area contributed by atoms with Gasteiger partial charge in [-0.2, -0.15) is 8.78 Å². The molecule has 0 atom stereocenters. The van der Waals surface area contributed by atoms with Crippen molar-refractivity contribution in [1.82, 2.24) is 0 Å². The molecule has 0 aromatic rings. The van der Waals surface area contributed by atoms with E-state index in [-0.39, 0.29) is 0 Å². The zero-order chi connectivity index (χ0) is 14.5. The van der Waals surface area contributed by atoms with Crippen molar-refractivity contribution in [3.8, 4) is 0 Å². The number of esters is 1. The van der Waals surface area contributed by atoms with E-state index in [0.717, 1.165) is 19.3 Å². The lowest BCUT2D eigenvalue weighted by Crippen LogP contribution is -2.52. The van der Waals surface area contributed by atoms with Gasteiger partial charge in [0.25, 0.3) is 0 Å². The van der Waals surface area contributed by atoms with Crippen LogP contribution >= 0.6 is 0 Å². The second kappa shape index (κ2) is 4.40. The number of rotatable bonds is 4. The Labute approximate surface area is 115 Å². The Kier molecular flexibility index (Phi) is 3.03. The van der Waals surface area contributed by atoms with Crippen LogP contribution in [0.25, 0.3) is 0 Å². The Morgan fingerprint density at radius 1 is 1.10 bits per heavy atom. The van der Waals surface area contributed by atoms with Crippen molar-refractivity contribution in [3.05, 3.63) is 0 Å². The van der Waals surface area contributed by atoms with Crippen molar-refractivity contribution in [2.45, 2.75) is 44.4 Å². The minimum Gasteiger partial charge on any atom is -0.544 e. The summed E-state index contributed by atoms with van der Waals surface area (Å²) in [5.41, 5.74) is -0.642. The van der Waals surface area contributed by atoms with Crippen LogP contribution in [-0.4, -0.2) is 24.5 Å². The zero-order valence-electron chi connectivity index (χ0n) is 11.1. The Morgan fingerprint density at radius 3 is 1.95 bits per heavy atom. The van der Waals surface area contributed by atoms with Crippen LogP contribution in [0.5, 0.6) is 0 Å². The second-order valence-electron chi connectivity index (χ2n) is 6.77. The van der Waals surface area contributed by atoms with Crippen LogP contribution < -0.4 is 5.11 Å². The smallest absolute Gasteiger partial charge is 0.320 e. The first-order valence-corrected chi connectivity index (χ1v) is 7.07. The molecule has 0 heterocycles. The average molecular weight is 287 g/mol. The molecule has 4 bridgehead atoms. The lowest BCUT2D eigenvalue weighted by molar-refractivity contribution is -0.331. The predicted octanol–water partition coefficient (Wildman–Crippen LogP) is 1.13. The van der Waals surface area contributed by atoms with Gasteiger partial charge >= 0.3 is 11.9 Å². The van der Waals surface area contributed by atoms with Gasteiger partial charge in [-0.15, -0.1) is 0 Å². The minimum atomic E-state index is -4.11. The van der Waals surface area contributed by atoms with Gasteiger partial charge in [-0.05, 0) is 56.3 Å². The molecule has 6 heteroatoms. The highest BCUT2D eigenvalue weighted by molar-refractivity contribution is 5.79. The predicted molar refractivity (Wildman–Crippen MR) is 61.5 cm³/mol. The van der Waals surface area contributed by atoms with Crippen LogP contribution in [0.15, 0.2) is 0 Å². The lowest BCUT2D eigenvalue weighted by Gasteiger charge is -2.55. The number of alkyl halides is 2. The molecule has 4 saturated carbocycles. The number of carbonyl (C=O) groups excluding carboxylic acids is 2. The fraction of sp³-hybridized carbons (Fsp3) is 0.857. The summed E-state index contributed by atoms with van der Waals surface area (Å²) < 4.78 is 30.5. The molecular weight excluding hydrogens is 270 g/mol. The van der Waals surface area contributed by atoms with E-state index in [1.807, 2.05) is 0 Å². The van der Waals surface area contributed by atoms with Gasteiger partial charge in [-0.3, -0.25) is 4.79 Å². The van der Waals surface area contributed by atoms with Crippen LogP contribution in [0.4, 0.5) is 8.78 Å². The van der Waals surface area contributed by atoms with Gasteiger partial charge in [-0.1, -0.05) is 0 Å². The van der Waals surface area contributed by atoms with Crippen molar-refractivity contribution in [2.24, 2.45) is 23.2 Å². The van der Waals surface area contributed by atoms with E-state index in [0.29, 0.717) is 37.0 Å². The highest BCUT2D eigenvalue weighted by atomic mass is 19.3. The monoisotopic (exact) mass is 287 g/mol. The number of ether oxygens (including phenoxy) is 1. The van der Waals surface area contributed by atoms with Gasteiger partial charge in [0.05, 0.1) is 5.41 Å². The molecule has 0 amide bonds. The molecule has 4 rings (SSSR count). The van der Waals surface area contributed by atoms with Crippen LogP contribution in [0.2, 0.25) is 0 Å². The number of halogens is 2. The summed E-state index contributed by atoms with van der Waals surface area (Å²) in [6.07, 6.45) is 5.49. The maximum Gasteiger partial charge on any atom is 0.320 e. The number of carboxylic acids is 1. The Hall–Kier alpha value is -1.20. The third-order valence-electron chi connectivity index (χ3n) is 5.15. The molecular formula is C14H17F2O4-. The number of hydrogen-bond acceptors (Lipinski definition) is 4. The van der Waals surface area contributed by atoms with Gasteiger partial charge < -0.3 is 14.6 Å². The quantitative estimate of drug-likeness (QED) is 0.727. The third kappa shape index (κ3) is 2.19. The van der Waals surface area contributed by atoms with Gasteiger partial charge in [0.15, 0.2) is 6.61 Å². The molecule has 0 aromatic carbocycles. The standard InChI is InChI=1S/C14H18F2O4/c15-14(16,11(17)18)7-20-12(19)13-4-8-1-9(5-13)3-10(2-8)6-13/h8-10H,1-7H2,(H,17,18)/p-1. The summed E-state index contributed by atoms with van der Waals surface area (Å²) >= 11 is 0. The van der Waals surface area contributed by atoms with E-state index in [1.165, 1.54) is 0 Å². The lowest BCUT2D eigenvalue weighted by atomic mass is 9.49. The van der Waals surface area contributed by atoms with E-state index < -0.39 is 29.9 Å². The van der Waals surface area contributed by atoms with Crippen LogP contribution in [-0.2, 0) is 14.3 Å². The first-order chi connectivity index (χ1) is 9.31. The van der Waals surface area contributed by atoms with E-state index >= 15 is 0 Å². The summed E-state index contributed by atoms with van der Waals surface area (Å²) in [7, 11) is 0. The maximum absolute atomic E-state index is 12.9. The summed E-state index contributed by atoms with van der Waals surface area (Å²) in [4.78, 5) is 22.4. The second-order valence-corrected chi connectivity index (χ2v) is 6.77.